The van der Waals surface area contributed by atoms with Gasteiger partial charge in [0.05, 0.1) is 30.4 Å². The summed E-state index contributed by atoms with van der Waals surface area (Å²) < 4.78 is 75.9. The van der Waals surface area contributed by atoms with Gasteiger partial charge in [0.25, 0.3) is 0 Å². The quantitative estimate of drug-likeness (QED) is 0.365. The van der Waals surface area contributed by atoms with Crippen molar-refractivity contribution in [1.82, 2.24) is 9.97 Å². The molecule has 0 amide bonds. The first kappa shape index (κ1) is 25.8. The van der Waals surface area contributed by atoms with Crippen molar-refractivity contribution in [3.63, 3.8) is 0 Å². The highest BCUT2D eigenvalue weighted by molar-refractivity contribution is 5.88. The van der Waals surface area contributed by atoms with Gasteiger partial charge < -0.3 is 14.4 Å². The second-order valence-corrected chi connectivity index (χ2v) is 7.99. The number of rotatable bonds is 8. The third-order valence-electron chi connectivity index (χ3n) is 5.72. The van der Waals surface area contributed by atoms with Gasteiger partial charge in [0.15, 0.2) is 0 Å². The van der Waals surface area contributed by atoms with Crippen molar-refractivity contribution in [3.05, 3.63) is 53.3 Å². The molecular formula is C23H26F5N3O3. The van der Waals surface area contributed by atoms with Crippen LogP contribution in [-0.4, -0.2) is 47.8 Å². The lowest BCUT2D eigenvalue weighted by molar-refractivity contribution is -0.242. The lowest BCUT2D eigenvalue weighted by atomic mass is 9.87. The largest absolute Gasteiger partial charge is 0.462 e. The minimum atomic E-state index is -4.43. The summed E-state index contributed by atoms with van der Waals surface area (Å²) in [5.74, 6) is -0.547. The number of hydrogen-bond acceptors (Lipinski definition) is 6. The van der Waals surface area contributed by atoms with Crippen LogP contribution in [0.15, 0.2) is 36.7 Å². The van der Waals surface area contributed by atoms with Crippen LogP contribution in [0.3, 0.4) is 0 Å². The molecule has 0 radical (unpaired) electrons. The standard InChI is InChI=1S/C23H26F5N3O3/c1-3-22(24,25)34-14-19-10-7-16(15-5-8-18(9-6-15)23(26,27)28)13-31(19)21-29-11-17(12-30-21)20(32)33-4-2/h5-6,8-9,11-12,16,19H,3-4,7,10,13-14H2,1-2H3/t16?,19-/m0/s1. The normalized spacial score (nSPS) is 19.2. The average Bonchev–Trinajstić information content (AvgIpc) is 2.82. The summed E-state index contributed by atoms with van der Waals surface area (Å²) in [7, 11) is 0. The first-order valence-corrected chi connectivity index (χ1v) is 11.0. The van der Waals surface area contributed by atoms with Gasteiger partial charge in [-0.25, -0.2) is 14.8 Å². The summed E-state index contributed by atoms with van der Waals surface area (Å²) in [5, 5.41) is 0. The summed E-state index contributed by atoms with van der Waals surface area (Å²) >= 11 is 0. The molecule has 6 nitrogen and oxygen atoms in total. The van der Waals surface area contributed by atoms with E-state index in [4.69, 9.17) is 9.47 Å². The minimum absolute atomic E-state index is 0.146. The Labute approximate surface area is 194 Å². The van der Waals surface area contributed by atoms with E-state index in [2.05, 4.69) is 9.97 Å². The van der Waals surface area contributed by atoms with E-state index < -0.39 is 36.3 Å². The zero-order valence-corrected chi connectivity index (χ0v) is 18.8. The lowest BCUT2D eigenvalue weighted by Gasteiger charge is -2.40. The molecule has 2 atom stereocenters. The van der Waals surface area contributed by atoms with E-state index in [0.29, 0.717) is 18.4 Å². The molecule has 1 saturated heterocycles. The van der Waals surface area contributed by atoms with Crippen molar-refractivity contribution >= 4 is 11.9 Å². The molecule has 1 aliphatic heterocycles. The molecule has 0 saturated carbocycles. The van der Waals surface area contributed by atoms with E-state index >= 15 is 0 Å². The van der Waals surface area contributed by atoms with Gasteiger partial charge in [-0.1, -0.05) is 19.1 Å². The van der Waals surface area contributed by atoms with Gasteiger partial charge in [0.2, 0.25) is 5.95 Å². The maximum absolute atomic E-state index is 13.7. The molecule has 1 aromatic carbocycles. The summed E-state index contributed by atoms with van der Waals surface area (Å²) in [6.45, 7) is 3.18. The highest BCUT2D eigenvalue weighted by atomic mass is 19.4. The maximum Gasteiger partial charge on any atom is 0.416 e. The van der Waals surface area contributed by atoms with Crippen LogP contribution in [0.1, 0.15) is 60.5 Å². The Hall–Kier alpha value is -2.82. The Kier molecular flexibility index (Phi) is 8.06. The third kappa shape index (κ3) is 6.40. The molecule has 0 aliphatic carbocycles. The number of esters is 1. The fraction of sp³-hybridized carbons (Fsp3) is 0.522. The highest BCUT2D eigenvalue weighted by Crippen LogP contribution is 2.35. The van der Waals surface area contributed by atoms with Crippen LogP contribution in [-0.2, 0) is 15.7 Å². The number of benzene rings is 1. The Morgan fingerprint density at radius 3 is 2.26 bits per heavy atom. The number of ether oxygens (including phenoxy) is 2. The van der Waals surface area contributed by atoms with Crippen LogP contribution < -0.4 is 4.90 Å². The molecule has 186 valence electrons. The maximum atomic E-state index is 13.7. The van der Waals surface area contributed by atoms with Gasteiger partial charge >= 0.3 is 18.3 Å². The van der Waals surface area contributed by atoms with Crippen LogP contribution in [0.2, 0.25) is 0 Å². The molecule has 0 N–H and O–H groups in total. The van der Waals surface area contributed by atoms with Gasteiger partial charge in [0.1, 0.15) is 0 Å². The minimum Gasteiger partial charge on any atom is -0.462 e. The Morgan fingerprint density at radius 1 is 1.06 bits per heavy atom. The lowest BCUT2D eigenvalue weighted by Crippen LogP contribution is -2.47. The molecule has 34 heavy (non-hydrogen) atoms. The summed E-state index contributed by atoms with van der Waals surface area (Å²) in [4.78, 5) is 22.0. The molecule has 1 fully saturated rings. The van der Waals surface area contributed by atoms with E-state index in [1.54, 1.807) is 11.8 Å². The molecule has 2 aromatic rings. The number of anilines is 1. The summed E-state index contributed by atoms with van der Waals surface area (Å²) in [5.41, 5.74) is 0.0986. The number of nitrogens with zero attached hydrogens (tertiary/aromatic N) is 3. The number of aromatic nitrogens is 2. The van der Waals surface area contributed by atoms with Crippen LogP contribution in [0.5, 0.6) is 0 Å². The average molecular weight is 487 g/mol. The van der Waals surface area contributed by atoms with Crippen LogP contribution in [0.25, 0.3) is 0 Å². The van der Waals surface area contributed by atoms with E-state index in [0.717, 1.165) is 12.1 Å². The second-order valence-electron chi connectivity index (χ2n) is 7.99. The zero-order valence-electron chi connectivity index (χ0n) is 18.8. The SMILES string of the molecule is CCOC(=O)c1cnc(N2CC(c3ccc(C(F)(F)F)cc3)CC[C@H]2COC(F)(F)CC)nc1. The second kappa shape index (κ2) is 10.6. The first-order valence-electron chi connectivity index (χ1n) is 11.0. The molecule has 1 aliphatic rings. The van der Waals surface area contributed by atoms with Crippen molar-refractivity contribution < 1.29 is 36.2 Å². The number of carbonyl (C=O) groups excluding carboxylic acids is 1. The monoisotopic (exact) mass is 487 g/mol. The third-order valence-corrected chi connectivity index (χ3v) is 5.72. The number of piperidine rings is 1. The van der Waals surface area contributed by atoms with Crippen molar-refractivity contribution in [2.24, 2.45) is 0 Å². The number of carbonyl (C=O) groups is 1. The summed E-state index contributed by atoms with van der Waals surface area (Å²) in [6, 6.07) is 4.44. The van der Waals surface area contributed by atoms with Crippen molar-refractivity contribution in [3.8, 4) is 0 Å². The smallest absolute Gasteiger partial charge is 0.416 e. The Balaban J connectivity index is 1.82. The van der Waals surface area contributed by atoms with E-state index in [-0.39, 0.29) is 37.2 Å². The molecule has 1 aromatic heterocycles. The highest BCUT2D eigenvalue weighted by Gasteiger charge is 2.35. The fourth-order valence-corrected chi connectivity index (χ4v) is 3.77. The molecule has 0 spiro atoms. The van der Waals surface area contributed by atoms with Gasteiger partial charge in [-0.3, -0.25) is 0 Å². The van der Waals surface area contributed by atoms with Gasteiger partial charge in [-0.05, 0) is 37.5 Å². The predicted molar refractivity (Wildman–Crippen MR) is 114 cm³/mol. The Morgan fingerprint density at radius 2 is 1.71 bits per heavy atom. The van der Waals surface area contributed by atoms with Crippen LogP contribution in [0, 0.1) is 0 Å². The van der Waals surface area contributed by atoms with Gasteiger partial charge in [-0.15, -0.1) is 0 Å². The fourth-order valence-electron chi connectivity index (χ4n) is 3.77. The van der Waals surface area contributed by atoms with Crippen LogP contribution >= 0.6 is 0 Å². The number of hydrogen-bond donors (Lipinski definition) is 0. The molecule has 0 bridgehead atoms. The number of halogens is 5. The molecule has 3 rings (SSSR count). The molecule has 11 heteroatoms. The topological polar surface area (TPSA) is 64.5 Å². The molecule has 1 unspecified atom stereocenters. The van der Waals surface area contributed by atoms with E-state index in [1.165, 1.54) is 31.5 Å². The number of alkyl halides is 5. The van der Waals surface area contributed by atoms with Crippen LogP contribution in [0.4, 0.5) is 27.9 Å². The van der Waals surface area contributed by atoms with Crippen molar-refractivity contribution in [2.75, 3.05) is 24.7 Å². The van der Waals surface area contributed by atoms with E-state index in [1.807, 2.05) is 0 Å². The molecule has 2 heterocycles. The summed E-state index contributed by atoms with van der Waals surface area (Å²) in [6.07, 6.45) is -4.59. The van der Waals surface area contributed by atoms with Crippen molar-refractivity contribution in [1.29, 1.82) is 0 Å². The molecular weight excluding hydrogens is 461 g/mol. The van der Waals surface area contributed by atoms with E-state index in [9.17, 15) is 26.7 Å². The van der Waals surface area contributed by atoms with Crippen molar-refractivity contribution in [2.45, 2.75) is 57.4 Å². The Bertz CT molecular complexity index is 952. The van der Waals surface area contributed by atoms with Gasteiger partial charge in [0, 0.05) is 31.3 Å². The first-order chi connectivity index (χ1) is 16.0. The predicted octanol–water partition coefficient (Wildman–Crippen LogP) is 5.44. The van der Waals surface area contributed by atoms with Gasteiger partial charge in [-0.2, -0.15) is 22.0 Å². The zero-order chi connectivity index (χ0) is 24.9.